The molecule has 0 saturated heterocycles. The van der Waals surface area contributed by atoms with E-state index in [-0.39, 0.29) is 28.9 Å². The number of nitrogens with one attached hydrogen (secondary N) is 1. The lowest BCUT2D eigenvalue weighted by molar-refractivity contribution is -0.139. The summed E-state index contributed by atoms with van der Waals surface area (Å²) in [6.07, 6.45) is 8.68. The van der Waals surface area contributed by atoms with Crippen molar-refractivity contribution in [3.8, 4) is 5.75 Å². The Kier molecular flexibility index (Phi) is 9.96. The second kappa shape index (κ2) is 13.7. The molecule has 47 heavy (non-hydrogen) atoms. The number of hydroxylamine groups is 2. The summed E-state index contributed by atoms with van der Waals surface area (Å²) in [4.78, 5) is 20.8. The number of rotatable bonds is 5. The molecule has 256 valence electrons. The fourth-order valence-corrected chi connectivity index (χ4v) is 8.66. The van der Waals surface area contributed by atoms with Crippen LogP contribution in [0.4, 0.5) is 5.69 Å². The van der Waals surface area contributed by atoms with E-state index in [1.54, 1.807) is 38.2 Å². The largest absolute Gasteiger partial charge is 0.490 e. The number of nitrogens with zero attached hydrogens (tertiary/aromatic N) is 2. The first kappa shape index (κ1) is 34.2. The Balaban J connectivity index is 1.40. The average molecular weight is 688 g/mol. The summed E-state index contributed by atoms with van der Waals surface area (Å²) in [5.41, 5.74) is 1.50. The minimum absolute atomic E-state index is 0.00129. The van der Waals surface area contributed by atoms with Gasteiger partial charge in [0.15, 0.2) is 0 Å². The van der Waals surface area contributed by atoms with Crippen LogP contribution in [-0.4, -0.2) is 84.7 Å². The van der Waals surface area contributed by atoms with Crippen molar-refractivity contribution < 1.29 is 32.3 Å². The maximum absolute atomic E-state index is 13.6. The van der Waals surface area contributed by atoms with Gasteiger partial charge in [-0.15, -0.1) is 0 Å². The molecule has 2 aliphatic heterocycles. The van der Waals surface area contributed by atoms with E-state index in [2.05, 4.69) is 21.8 Å². The normalized spacial score (nSPS) is 28.4. The van der Waals surface area contributed by atoms with E-state index in [9.17, 15) is 13.2 Å². The number of carbonyl (C=O) groups is 1. The lowest BCUT2D eigenvalue weighted by atomic mass is 9.68. The molecule has 12 heteroatoms. The summed E-state index contributed by atoms with van der Waals surface area (Å²) in [6.45, 7) is 6.19. The topological polar surface area (TPSA) is 107 Å². The van der Waals surface area contributed by atoms with Crippen molar-refractivity contribution in [3.05, 3.63) is 64.7 Å². The van der Waals surface area contributed by atoms with Crippen LogP contribution in [0.1, 0.15) is 50.7 Å². The summed E-state index contributed by atoms with van der Waals surface area (Å²) in [6, 6.07) is 11.0. The van der Waals surface area contributed by atoms with Crippen LogP contribution >= 0.6 is 11.6 Å². The van der Waals surface area contributed by atoms with Gasteiger partial charge in [-0.25, -0.2) is 13.1 Å². The predicted octanol–water partition coefficient (Wildman–Crippen LogP) is 4.89. The second-order valence-corrected chi connectivity index (χ2v) is 15.9. The number of carbonyl (C=O) groups excluding carboxylic acids is 1. The van der Waals surface area contributed by atoms with Crippen molar-refractivity contribution >= 4 is 33.2 Å². The number of anilines is 1. The van der Waals surface area contributed by atoms with Crippen LogP contribution in [0.25, 0.3) is 0 Å². The van der Waals surface area contributed by atoms with Crippen LogP contribution in [-0.2, 0) is 41.0 Å². The van der Waals surface area contributed by atoms with Gasteiger partial charge in [-0.1, -0.05) is 29.8 Å². The van der Waals surface area contributed by atoms with Crippen molar-refractivity contribution in [3.63, 3.8) is 0 Å². The van der Waals surface area contributed by atoms with Crippen LogP contribution in [0.15, 0.2) is 53.4 Å². The minimum atomic E-state index is -4.20. The second-order valence-electron chi connectivity index (χ2n) is 13.8. The molecular weight excluding hydrogens is 642 g/mol. The zero-order chi connectivity index (χ0) is 33.4. The third-order valence-electron chi connectivity index (χ3n) is 10.3. The number of amides is 1. The lowest BCUT2D eigenvalue weighted by Crippen LogP contribution is -2.50. The van der Waals surface area contributed by atoms with Gasteiger partial charge in [-0.2, -0.15) is 5.06 Å². The minimum Gasteiger partial charge on any atom is -0.490 e. The molecule has 2 bridgehead atoms. The maximum atomic E-state index is 13.6. The molecule has 6 rings (SSSR count). The first-order valence-electron chi connectivity index (χ1n) is 16.5. The van der Waals surface area contributed by atoms with Crippen molar-refractivity contribution in [2.75, 3.05) is 58.5 Å². The van der Waals surface area contributed by atoms with E-state index in [0.29, 0.717) is 50.2 Å². The third kappa shape index (κ3) is 7.21. The zero-order valence-corrected chi connectivity index (χ0v) is 29.2. The van der Waals surface area contributed by atoms with Crippen molar-refractivity contribution in [1.29, 1.82) is 0 Å². The zero-order valence-electron chi connectivity index (χ0n) is 27.7. The van der Waals surface area contributed by atoms with E-state index in [0.717, 1.165) is 37.1 Å². The Morgan fingerprint density at radius 1 is 1.17 bits per heavy atom. The molecule has 2 aromatic rings. The van der Waals surface area contributed by atoms with Gasteiger partial charge in [0.25, 0.3) is 15.9 Å². The number of benzene rings is 2. The predicted molar refractivity (Wildman–Crippen MR) is 180 cm³/mol. The van der Waals surface area contributed by atoms with Crippen molar-refractivity contribution in [2.45, 2.75) is 68.0 Å². The van der Waals surface area contributed by atoms with Crippen LogP contribution in [0.3, 0.4) is 0 Å². The molecule has 1 N–H and O–H groups in total. The van der Waals surface area contributed by atoms with E-state index in [1.807, 2.05) is 25.3 Å². The molecule has 2 aliphatic carbocycles. The highest BCUT2D eigenvalue weighted by Crippen LogP contribution is 2.47. The van der Waals surface area contributed by atoms with E-state index >= 15 is 0 Å². The summed E-state index contributed by atoms with van der Waals surface area (Å²) in [5.74, 6) is 0.429. The van der Waals surface area contributed by atoms with Gasteiger partial charge in [0, 0.05) is 37.1 Å². The first-order valence-corrected chi connectivity index (χ1v) is 18.3. The number of hydrogen-bond donors (Lipinski definition) is 1. The number of likely N-dealkylation sites (N-methyl/N-ethyl adjacent to an activating group) is 1. The number of fused-ring (bicyclic) bond motifs is 4. The Labute approximate surface area is 283 Å². The summed E-state index contributed by atoms with van der Waals surface area (Å²) in [5, 5.41) is 2.46. The lowest BCUT2D eigenvalue weighted by Gasteiger charge is -2.46. The van der Waals surface area contributed by atoms with Gasteiger partial charge in [0.1, 0.15) is 11.4 Å². The molecule has 1 saturated carbocycles. The summed E-state index contributed by atoms with van der Waals surface area (Å²) >= 11 is 6.43. The number of sulfonamides is 1. The standard InChI is InChI=1S/C35H46ClN3O7S/c1-34(2)33(40)37-47(41,42)27-11-14-32-30(20-27)39(22-35(23-45-32)15-5-7-24-19-26(36)10-13-29(24)35)21-25-9-12-28(25)31(8-6-17-46-34)44-18-16-38(3)43-4/h6,8,10-11,13-14,19-20,25,28,31H,5,7,9,12,15-18,21-23H2,1-4H3,(H,37,40)/t25-,28+,31-,35-/m0/s1. The highest BCUT2D eigenvalue weighted by Gasteiger charge is 2.45. The molecule has 2 heterocycles. The van der Waals surface area contributed by atoms with Gasteiger partial charge in [-0.3, -0.25) is 4.79 Å². The number of aryl methyl sites for hydroxylation is 1. The van der Waals surface area contributed by atoms with Gasteiger partial charge < -0.3 is 23.9 Å². The number of halogens is 1. The molecule has 4 aliphatic rings. The quantitative estimate of drug-likeness (QED) is 0.348. The molecular formula is C35H46ClN3O7S. The fraction of sp³-hybridized carbons (Fsp3) is 0.571. The molecule has 0 aromatic heterocycles. The van der Waals surface area contributed by atoms with Crippen LogP contribution in [0.2, 0.25) is 5.02 Å². The Hall–Kier alpha value is -2.67. The van der Waals surface area contributed by atoms with Crippen LogP contribution in [0, 0.1) is 11.8 Å². The fourth-order valence-electron chi connectivity index (χ4n) is 7.34. The summed E-state index contributed by atoms with van der Waals surface area (Å²) < 4.78 is 48.3. The average Bonchev–Trinajstić information content (AvgIpc) is 3.17. The Bertz CT molecular complexity index is 1620. The summed E-state index contributed by atoms with van der Waals surface area (Å²) in [7, 11) is -0.696. The van der Waals surface area contributed by atoms with Gasteiger partial charge >= 0.3 is 0 Å². The molecule has 1 fully saturated rings. The van der Waals surface area contributed by atoms with Gasteiger partial charge in [0.05, 0.1) is 43.6 Å². The van der Waals surface area contributed by atoms with E-state index in [1.165, 1.54) is 17.2 Å². The SMILES string of the molecule is CON(C)CCO[C@H]1C=CCOC(C)(C)C(=O)NS(=O)(=O)c2ccc3c(c2)N(C[C@@H]2CC[C@H]21)C[C@@]1(CCCc2cc(Cl)ccc21)CO3. The van der Waals surface area contributed by atoms with E-state index in [4.69, 9.17) is 30.6 Å². The highest BCUT2D eigenvalue weighted by atomic mass is 35.5. The molecule has 0 unspecified atom stereocenters. The Morgan fingerprint density at radius 2 is 2.00 bits per heavy atom. The van der Waals surface area contributed by atoms with Crippen LogP contribution in [0.5, 0.6) is 5.75 Å². The maximum Gasteiger partial charge on any atom is 0.265 e. The molecule has 1 amide bonds. The molecule has 10 nitrogen and oxygen atoms in total. The number of hydrogen-bond acceptors (Lipinski definition) is 9. The van der Waals surface area contributed by atoms with Crippen molar-refractivity contribution in [1.82, 2.24) is 9.79 Å². The molecule has 0 radical (unpaired) electrons. The van der Waals surface area contributed by atoms with E-state index < -0.39 is 21.5 Å². The van der Waals surface area contributed by atoms with Gasteiger partial charge in [0.2, 0.25) is 0 Å². The molecule has 1 spiro atoms. The number of ether oxygens (including phenoxy) is 3. The molecule has 2 aromatic carbocycles. The third-order valence-corrected chi connectivity index (χ3v) is 11.9. The Morgan fingerprint density at radius 3 is 2.77 bits per heavy atom. The first-order chi connectivity index (χ1) is 22.4. The van der Waals surface area contributed by atoms with Gasteiger partial charge in [-0.05, 0) is 99.2 Å². The monoisotopic (exact) mass is 687 g/mol. The van der Waals surface area contributed by atoms with Crippen molar-refractivity contribution in [2.24, 2.45) is 11.8 Å². The highest BCUT2D eigenvalue weighted by molar-refractivity contribution is 7.90. The molecule has 4 atom stereocenters. The van der Waals surface area contributed by atoms with Crippen LogP contribution < -0.4 is 14.4 Å². The smallest absolute Gasteiger partial charge is 0.265 e.